The third-order valence-corrected chi connectivity index (χ3v) is 2.49. The first-order valence-electron chi connectivity index (χ1n) is 4.74. The molecule has 3 heteroatoms. The minimum Gasteiger partial charge on any atom is -0.276 e. The van der Waals surface area contributed by atoms with Crippen molar-refractivity contribution in [3.63, 3.8) is 0 Å². The van der Waals surface area contributed by atoms with Gasteiger partial charge in [0.1, 0.15) is 5.82 Å². The Morgan fingerprint density at radius 2 is 1.69 bits per heavy atom. The predicted octanol–water partition coefficient (Wildman–Crippen LogP) is 3.87. The summed E-state index contributed by atoms with van der Waals surface area (Å²) in [5.74, 6) is -0.447. The molecule has 0 aliphatic rings. The Hall–Kier alpha value is -1.67. The molecular formula is C13H8ClFO. The average Bonchev–Trinajstić information content (AvgIpc) is 2.29. The van der Waals surface area contributed by atoms with Gasteiger partial charge in [-0.3, -0.25) is 4.79 Å². The highest BCUT2D eigenvalue weighted by Crippen LogP contribution is 2.27. The first-order chi connectivity index (χ1) is 7.70. The zero-order chi connectivity index (χ0) is 11.5. The van der Waals surface area contributed by atoms with Gasteiger partial charge in [-0.1, -0.05) is 36.4 Å². The summed E-state index contributed by atoms with van der Waals surface area (Å²) in [5.41, 5.74) is 1.08. The normalized spacial score (nSPS) is 10.1. The van der Waals surface area contributed by atoms with E-state index >= 15 is 0 Å². The minimum absolute atomic E-state index is 0.188. The molecule has 0 unspecified atom stereocenters. The summed E-state index contributed by atoms with van der Waals surface area (Å²) in [5, 5.41) is -0.654. The standard InChI is InChI=1S/C13H8ClFO/c14-13(16)10-7-4-8-11(15)12(10)9-5-2-1-3-6-9/h1-8H. The van der Waals surface area contributed by atoms with Gasteiger partial charge in [0, 0.05) is 11.1 Å². The van der Waals surface area contributed by atoms with Gasteiger partial charge in [0.25, 0.3) is 5.24 Å². The monoisotopic (exact) mass is 234 g/mol. The molecule has 0 amide bonds. The van der Waals surface area contributed by atoms with Crippen LogP contribution in [-0.2, 0) is 0 Å². The van der Waals surface area contributed by atoms with Gasteiger partial charge in [-0.15, -0.1) is 0 Å². The molecule has 2 rings (SSSR count). The van der Waals surface area contributed by atoms with Gasteiger partial charge < -0.3 is 0 Å². The lowest BCUT2D eigenvalue weighted by Crippen LogP contribution is -1.96. The van der Waals surface area contributed by atoms with Crippen molar-refractivity contribution in [1.82, 2.24) is 0 Å². The predicted molar refractivity (Wildman–Crippen MR) is 62.0 cm³/mol. The fraction of sp³-hybridized carbons (Fsp3) is 0. The molecule has 0 bridgehead atoms. The topological polar surface area (TPSA) is 17.1 Å². The molecule has 0 spiro atoms. The highest BCUT2D eigenvalue weighted by molar-refractivity contribution is 6.68. The quantitative estimate of drug-likeness (QED) is 0.721. The molecule has 2 aromatic rings. The molecular weight excluding hydrogens is 227 g/mol. The van der Waals surface area contributed by atoms with Gasteiger partial charge in [0.05, 0.1) is 0 Å². The van der Waals surface area contributed by atoms with Crippen LogP contribution in [0.4, 0.5) is 4.39 Å². The highest BCUT2D eigenvalue weighted by atomic mass is 35.5. The lowest BCUT2D eigenvalue weighted by molar-refractivity contribution is 0.108. The van der Waals surface area contributed by atoms with Crippen molar-refractivity contribution < 1.29 is 9.18 Å². The summed E-state index contributed by atoms with van der Waals surface area (Å²) < 4.78 is 13.7. The van der Waals surface area contributed by atoms with E-state index in [9.17, 15) is 9.18 Å². The second-order valence-corrected chi connectivity index (χ2v) is 3.65. The van der Waals surface area contributed by atoms with E-state index in [1.165, 1.54) is 18.2 Å². The number of carbonyl (C=O) groups excluding carboxylic acids is 1. The number of hydrogen-bond donors (Lipinski definition) is 0. The summed E-state index contributed by atoms with van der Waals surface area (Å²) >= 11 is 5.42. The van der Waals surface area contributed by atoms with Gasteiger partial charge in [0.15, 0.2) is 0 Å². The maximum atomic E-state index is 13.7. The van der Waals surface area contributed by atoms with Crippen LogP contribution in [0.1, 0.15) is 10.4 Å². The fourth-order valence-corrected chi connectivity index (χ4v) is 1.74. The van der Waals surface area contributed by atoms with E-state index < -0.39 is 11.1 Å². The molecule has 80 valence electrons. The van der Waals surface area contributed by atoms with Crippen molar-refractivity contribution in [2.75, 3.05) is 0 Å². The maximum absolute atomic E-state index is 13.7. The lowest BCUT2D eigenvalue weighted by Gasteiger charge is -2.07. The van der Waals surface area contributed by atoms with Crippen molar-refractivity contribution in [1.29, 1.82) is 0 Å². The molecule has 0 aliphatic heterocycles. The Morgan fingerprint density at radius 3 is 2.31 bits per heavy atom. The van der Waals surface area contributed by atoms with E-state index in [2.05, 4.69) is 0 Å². The second-order valence-electron chi connectivity index (χ2n) is 3.30. The minimum atomic E-state index is -0.654. The third-order valence-electron chi connectivity index (χ3n) is 2.29. The molecule has 0 aliphatic carbocycles. The summed E-state index contributed by atoms with van der Waals surface area (Å²) in [6, 6.07) is 13.2. The van der Waals surface area contributed by atoms with Gasteiger partial charge >= 0.3 is 0 Å². The zero-order valence-electron chi connectivity index (χ0n) is 8.28. The molecule has 0 saturated heterocycles. The second kappa shape index (κ2) is 4.45. The summed E-state index contributed by atoms with van der Waals surface area (Å²) in [4.78, 5) is 11.2. The van der Waals surface area contributed by atoms with Gasteiger partial charge in [-0.25, -0.2) is 4.39 Å². The van der Waals surface area contributed by atoms with Crippen LogP contribution in [0.25, 0.3) is 11.1 Å². The van der Waals surface area contributed by atoms with Crippen molar-refractivity contribution in [2.24, 2.45) is 0 Å². The molecule has 0 atom stereocenters. The van der Waals surface area contributed by atoms with Gasteiger partial charge in [-0.2, -0.15) is 0 Å². The van der Waals surface area contributed by atoms with E-state index in [0.717, 1.165) is 0 Å². The number of benzene rings is 2. The van der Waals surface area contributed by atoms with Gasteiger partial charge in [-0.05, 0) is 29.3 Å². The molecule has 0 saturated carbocycles. The molecule has 0 aromatic heterocycles. The van der Waals surface area contributed by atoms with Crippen LogP contribution in [0.5, 0.6) is 0 Å². The Balaban J connectivity index is 2.68. The Labute approximate surface area is 97.5 Å². The number of rotatable bonds is 2. The first-order valence-corrected chi connectivity index (χ1v) is 5.11. The molecule has 0 radical (unpaired) electrons. The summed E-state index contributed by atoms with van der Waals surface area (Å²) in [6.07, 6.45) is 0. The SMILES string of the molecule is O=C(Cl)c1cccc(F)c1-c1ccccc1. The van der Waals surface area contributed by atoms with Crippen LogP contribution in [0.2, 0.25) is 0 Å². The molecule has 2 aromatic carbocycles. The molecule has 1 nitrogen and oxygen atoms in total. The molecule has 16 heavy (non-hydrogen) atoms. The maximum Gasteiger partial charge on any atom is 0.253 e. The summed E-state index contributed by atoms with van der Waals surface area (Å²) in [6.45, 7) is 0. The Bertz CT molecular complexity index is 523. The Morgan fingerprint density at radius 1 is 1.00 bits per heavy atom. The third kappa shape index (κ3) is 1.97. The van der Waals surface area contributed by atoms with Crippen molar-refractivity contribution in [2.45, 2.75) is 0 Å². The summed E-state index contributed by atoms with van der Waals surface area (Å²) in [7, 11) is 0. The largest absolute Gasteiger partial charge is 0.276 e. The van der Waals surface area contributed by atoms with Crippen LogP contribution in [0.15, 0.2) is 48.5 Å². The van der Waals surface area contributed by atoms with E-state index in [0.29, 0.717) is 5.56 Å². The van der Waals surface area contributed by atoms with Gasteiger partial charge in [0.2, 0.25) is 0 Å². The Kier molecular flexibility index (Phi) is 3.02. The molecule has 0 heterocycles. The van der Waals surface area contributed by atoms with E-state index in [-0.39, 0.29) is 11.1 Å². The zero-order valence-corrected chi connectivity index (χ0v) is 9.04. The van der Waals surface area contributed by atoms with Crippen molar-refractivity contribution in [3.05, 3.63) is 59.9 Å². The first kappa shape index (κ1) is 10.8. The lowest BCUT2D eigenvalue weighted by atomic mass is 10.00. The van der Waals surface area contributed by atoms with E-state index in [4.69, 9.17) is 11.6 Å². The molecule has 0 N–H and O–H groups in total. The number of hydrogen-bond acceptors (Lipinski definition) is 1. The van der Waals surface area contributed by atoms with Crippen LogP contribution in [-0.4, -0.2) is 5.24 Å². The van der Waals surface area contributed by atoms with E-state index in [1.54, 1.807) is 24.3 Å². The fourth-order valence-electron chi connectivity index (χ4n) is 1.59. The van der Waals surface area contributed by atoms with Crippen LogP contribution in [0.3, 0.4) is 0 Å². The van der Waals surface area contributed by atoms with Crippen LogP contribution >= 0.6 is 11.6 Å². The van der Waals surface area contributed by atoms with Crippen molar-refractivity contribution in [3.8, 4) is 11.1 Å². The average molecular weight is 235 g/mol. The smallest absolute Gasteiger partial charge is 0.253 e. The van der Waals surface area contributed by atoms with Crippen LogP contribution in [0, 0.1) is 5.82 Å². The van der Waals surface area contributed by atoms with Crippen LogP contribution < -0.4 is 0 Å². The molecule has 0 fully saturated rings. The van der Waals surface area contributed by atoms with E-state index in [1.807, 2.05) is 6.07 Å². The number of carbonyl (C=O) groups is 1. The van der Waals surface area contributed by atoms with Crippen molar-refractivity contribution >= 4 is 16.8 Å². The number of halogens is 2. The highest BCUT2D eigenvalue weighted by Gasteiger charge is 2.14.